The molecule has 0 fully saturated rings. The van der Waals surface area contributed by atoms with Gasteiger partial charge in [-0.3, -0.25) is 0 Å². The lowest BCUT2D eigenvalue weighted by Gasteiger charge is -1.89. The maximum Gasteiger partial charge on any atom is 0.236 e. The number of hydrogen-bond donors (Lipinski definition) is 0. The molecule has 0 N–H and O–H groups in total. The smallest absolute Gasteiger partial charge is 0.236 e. The third kappa shape index (κ3) is 4.03. The quantitative estimate of drug-likeness (QED) is 0.696. The van der Waals surface area contributed by atoms with Crippen LogP contribution in [0.5, 0.6) is 0 Å². The molecule has 1 aromatic heterocycles. The van der Waals surface area contributed by atoms with Crippen molar-refractivity contribution in [2.45, 2.75) is 18.4 Å². The van der Waals surface area contributed by atoms with Crippen LogP contribution < -0.4 is 0 Å². The maximum absolute atomic E-state index is 8.32. The van der Waals surface area contributed by atoms with Gasteiger partial charge in [0, 0.05) is 0 Å². The fourth-order valence-electron chi connectivity index (χ4n) is 0.785. The van der Waals surface area contributed by atoms with Crippen molar-refractivity contribution in [3.63, 3.8) is 0 Å². The molecule has 1 rings (SSSR count). The molecule has 1 heterocycles. The van der Waals surface area contributed by atoms with Crippen LogP contribution in [0.3, 0.4) is 0 Å². The lowest BCUT2D eigenvalue weighted by atomic mass is 10.7. The normalized spacial score (nSPS) is 10.0. The van der Waals surface area contributed by atoms with Gasteiger partial charge < -0.3 is 4.52 Å². The molecule has 0 spiro atoms. The molecule has 0 atom stereocenters. The highest BCUT2D eigenvalue weighted by Crippen LogP contribution is 2.12. The highest BCUT2D eigenvalue weighted by Gasteiger charge is 2.05. The lowest BCUT2D eigenvalue weighted by Crippen LogP contribution is -1.85. The lowest BCUT2D eigenvalue weighted by molar-refractivity contribution is 0.386. The Kier molecular flexibility index (Phi) is 5.49. The van der Waals surface area contributed by atoms with E-state index in [0.29, 0.717) is 17.4 Å². The number of aromatic nitrogens is 2. The minimum absolute atomic E-state index is 0.460. The van der Waals surface area contributed by atoms with Gasteiger partial charge in [0.15, 0.2) is 5.82 Å². The van der Waals surface area contributed by atoms with Crippen molar-refractivity contribution in [1.82, 2.24) is 10.1 Å². The molecule has 0 amide bonds. The fraction of sp³-hybridized carbons (Fsp3) is 0.625. The Morgan fingerprint density at radius 2 is 2.29 bits per heavy atom. The van der Waals surface area contributed by atoms with E-state index in [4.69, 9.17) is 9.78 Å². The predicted octanol–water partition coefficient (Wildman–Crippen LogP) is 2.08. The summed E-state index contributed by atoms with van der Waals surface area (Å²) in [5, 5.41) is 12.2. The molecule has 4 nitrogen and oxygen atoms in total. The Labute approximate surface area is 91.4 Å². The average molecular weight is 229 g/mol. The molecule has 6 heteroatoms. The number of thioether (sulfide) groups is 2. The minimum atomic E-state index is 0.460. The molecule has 0 aliphatic rings. The topological polar surface area (TPSA) is 62.7 Å². The van der Waals surface area contributed by atoms with Gasteiger partial charge in [0.05, 0.1) is 23.3 Å². The Balaban J connectivity index is 2.32. The second-order valence-electron chi connectivity index (χ2n) is 2.39. The van der Waals surface area contributed by atoms with Gasteiger partial charge in [0.2, 0.25) is 5.89 Å². The summed E-state index contributed by atoms with van der Waals surface area (Å²) in [5.74, 6) is 4.27. The maximum atomic E-state index is 8.32. The molecule has 0 aliphatic heterocycles. The van der Waals surface area contributed by atoms with Crippen LogP contribution in [0.4, 0.5) is 0 Å². The largest absolute Gasteiger partial charge is 0.338 e. The molecule has 1 aromatic rings. The van der Waals surface area contributed by atoms with Crippen LogP contribution in [0.1, 0.15) is 18.6 Å². The number of nitriles is 1. The molecule has 0 saturated carbocycles. The van der Waals surface area contributed by atoms with E-state index < -0.39 is 0 Å². The van der Waals surface area contributed by atoms with E-state index in [2.05, 4.69) is 17.1 Å². The zero-order valence-corrected chi connectivity index (χ0v) is 9.53. The zero-order valence-electron chi connectivity index (χ0n) is 7.89. The first kappa shape index (κ1) is 11.4. The SMILES string of the molecule is CCSCc1noc(CSCC#N)n1. The van der Waals surface area contributed by atoms with E-state index in [9.17, 15) is 0 Å². The molecule has 0 unspecified atom stereocenters. The molecular weight excluding hydrogens is 218 g/mol. The van der Waals surface area contributed by atoms with Gasteiger partial charge in [-0.15, -0.1) is 11.8 Å². The number of nitrogens with zero attached hydrogens (tertiary/aromatic N) is 3. The summed E-state index contributed by atoms with van der Waals surface area (Å²) in [5.41, 5.74) is 0. The third-order valence-electron chi connectivity index (χ3n) is 1.34. The van der Waals surface area contributed by atoms with Crippen LogP contribution in [0.15, 0.2) is 4.52 Å². The van der Waals surface area contributed by atoms with Gasteiger partial charge in [-0.2, -0.15) is 22.0 Å². The molecule has 0 radical (unpaired) electrons. The van der Waals surface area contributed by atoms with Crippen molar-refractivity contribution >= 4 is 23.5 Å². The van der Waals surface area contributed by atoms with Gasteiger partial charge in [-0.1, -0.05) is 12.1 Å². The van der Waals surface area contributed by atoms with E-state index in [1.807, 2.05) is 6.07 Å². The van der Waals surface area contributed by atoms with Gasteiger partial charge in [0.1, 0.15) is 0 Å². The van der Waals surface area contributed by atoms with Crippen LogP contribution in [0.25, 0.3) is 0 Å². The van der Waals surface area contributed by atoms with Gasteiger partial charge in [0.25, 0.3) is 0 Å². The molecule has 14 heavy (non-hydrogen) atoms. The van der Waals surface area contributed by atoms with Crippen molar-refractivity contribution in [1.29, 1.82) is 5.26 Å². The highest BCUT2D eigenvalue weighted by molar-refractivity contribution is 7.98. The van der Waals surface area contributed by atoms with Gasteiger partial charge in [-0.05, 0) is 5.75 Å². The standard InChI is InChI=1S/C8H11N3OS2/c1-2-13-5-7-10-8(12-11-7)6-14-4-3-9/h2,4-6H2,1H3. The van der Waals surface area contributed by atoms with Crippen LogP contribution in [-0.2, 0) is 11.5 Å². The average Bonchev–Trinajstić information content (AvgIpc) is 2.63. The van der Waals surface area contributed by atoms with Crippen LogP contribution in [0.2, 0.25) is 0 Å². The molecular formula is C8H11N3OS2. The summed E-state index contributed by atoms with van der Waals surface area (Å²) >= 11 is 3.24. The summed E-state index contributed by atoms with van der Waals surface area (Å²) in [4.78, 5) is 4.19. The summed E-state index contributed by atoms with van der Waals surface area (Å²) in [7, 11) is 0. The monoisotopic (exact) mass is 229 g/mol. The third-order valence-corrected chi connectivity index (χ3v) is 2.99. The second-order valence-corrected chi connectivity index (χ2v) is 4.65. The Morgan fingerprint density at radius 1 is 1.43 bits per heavy atom. The van der Waals surface area contributed by atoms with Crippen molar-refractivity contribution in [3.05, 3.63) is 11.7 Å². The van der Waals surface area contributed by atoms with Gasteiger partial charge in [-0.25, -0.2) is 0 Å². The van der Waals surface area contributed by atoms with Crippen molar-refractivity contribution in [2.24, 2.45) is 0 Å². The fourth-order valence-corrected chi connectivity index (χ4v) is 1.77. The molecule has 76 valence electrons. The zero-order chi connectivity index (χ0) is 10.2. The second kappa shape index (κ2) is 6.74. The Morgan fingerprint density at radius 3 is 3.00 bits per heavy atom. The van der Waals surface area contributed by atoms with Crippen molar-refractivity contribution < 1.29 is 4.52 Å². The summed E-state index contributed by atoms with van der Waals surface area (Å²) in [6, 6.07) is 2.05. The Bertz CT molecular complexity index is 308. The molecule has 0 aromatic carbocycles. The predicted molar refractivity (Wildman–Crippen MR) is 57.9 cm³/mol. The summed E-state index contributed by atoms with van der Waals surface area (Å²) < 4.78 is 5.00. The van der Waals surface area contributed by atoms with Crippen LogP contribution >= 0.6 is 23.5 Å². The highest BCUT2D eigenvalue weighted by atomic mass is 32.2. The first-order chi connectivity index (χ1) is 6.86. The molecule has 0 saturated heterocycles. The number of rotatable bonds is 6. The van der Waals surface area contributed by atoms with E-state index in [0.717, 1.165) is 17.3 Å². The van der Waals surface area contributed by atoms with Crippen molar-refractivity contribution in [3.8, 4) is 6.07 Å². The first-order valence-electron chi connectivity index (χ1n) is 4.20. The van der Waals surface area contributed by atoms with E-state index >= 15 is 0 Å². The summed E-state index contributed by atoms with van der Waals surface area (Å²) in [6.07, 6.45) is 0. The Hall–Kier alpha value is -0.670. The summed E-state index contributed by atoms with van der Waals surface area (Å²) in [6.45, 7) is 2.09. The molecule has 0 aliphatic carbocycles. The van der Waals surface area contributed by atoms with Crippen LogP contribution in [-0.4, -0.2) is 21.6 Å². The van der Waals surface area contributed by atoms with E-state index in [1.54, 1.807) is 11.8 Å². The van der Waals surface area contributed by atoms with E-state index in [-0.39, 0.29) is 0 Å². The van der Waals surface area contributed by atoms with Gasteiger partial charge >= 0.3 is 0 Å². The number of hydrogen-bond acceptors (Lipinski definition) is 6. The van der Waals surface area contributed by atoms with E-state index in [1.165, 1.54) is 11.8 Å². The van der Waals surface area contributed by atoms with Crippen molar-refractivity contribution in [2.75, 3.05) is 11.5 Å². The molecule has 0 bridgehead atoms. The van der Waals surface area contributed by atoms with Crippen LogP contribution in [0, 0.1) is 11.3 Å². The first-order valence-corrected chi connectivity index (χ1v) is 6.51. The minimum Gasteiger partial charge on any atom is -0.338 e.